The van der Waals surface area contributed by atoms with Crippen LogP contribution in [-0.2, 0) is 10.0 Å². The van der Waals surface area contributed by atoms with Crippen LogP contribution >= 0.6 is 27.5 Å². The lowest BCUT2D eigenvalue weighted by Gasteiger charge is -2.12. The van der Waals surface area contributed by atoms with Crippen molar-refractivity contribution < 1.29 is 8.42 Å². The Hall–Kier alpha value is -1.35. The fourth-order valence-corrected chi connectivity index (χ4v) is 3.24. The van der Waals surface area contributed by atoms with E-state index >= 15 is 0 Å². The molecular formula is C11H10BrClN4O2S. The smallest absolute Gasteiger partial charge is 0.281 e. The number of anilines is 2. The summed E-state index contributed by atoms with van der Waals surface area (Å²) < 4.78 is 27.7. The van der Waals surface area contributed by atoms with Gasteiger partial charge < -0.3 is 5.43 Å². The minimum Gasteiger partial charge on any atom is -0.321 e. The maximum Gasteiger partial charge on any atom is 0.281 e. The number of hydrazine groups is 1. The van der Waals surface area contributed by atoms with Crippen LogP contribution < -0.4 is 16.0 Å². The number of sulfonamides is 1. The summed E-state index contributed by atoms with van der Waals surface area (Å²) in [5.74, 6) is 5.28. The number of nitrogen functional groups attached to an aromatic ring is 1. The zero-order valence-electron chi connectivity index (χ0n) is 9.97. The second-order valence-electron chi connectivity index (χ2n) is 3.73. The van der Waals surface area contributed by atoms with E-state index in [9.17, 15) is 8.42 Å². The highest BCUT2D eigenvalue weighted by Crippen LogP contribution is 2.28. The fourth-order valence-electron chi connectivity index (χ4n) is 1.48. The number of rotatable bonds is 4. The third-order valence-corrected chi connectivity index (χ3v) is 4.50. The van der Waals surface area contributed by atoms with Gasteiger partial charge in [0.15, 0.2) is 0 Å². The van der Waals surface area contributed by atoms with Gasteiger partial charge in [-0.2, -0.15) is 8.42 Å². The Morgan fingerprint density at radius 2 is 2.00 bits per heavy atom. The molecule has 0 aliphatic rings. The van der Waals surface area contributed by atoms with Crippen molar-refractivity contribution in [3.8, 4) is 0 Å². The first-order valence-corrected chi connectivity index (χ1v) is 7.99. The van der Waals surface area contributed by atoms with E-state index in [0.717, 1.165) is 0 Å². The summed E-state index contributed by atoms with van der Waals surface area (Å²) >= 11 is 9.20. The van der Waals surface area contributed by atoms with Gasteiger partial charge in [-0.15, -0.1) is 0 Å². The molecule has 0 saturated heterocycles. The molecular weight excluding hydrogens is 368 g/mol. The molecule has 0 fully saturated rings. The third-order valence-electron chi connectivity index (χ3n) is 2.35. The third kappa shape index (κ3) is 3.21. The van der Waals surface area contributed by atoms with E-state index in [1.807, 2.05) is 0 Å². The minimum atomic E-state index is -3.90. The molecule has 2 aromatic rings. The highest BCUT2D eigenvalue weighted by molar-refractivity contribution is 9.10. The highest BCUT2D eigenvalue weighted by Gasteiger charge is 2.21. The number of hydrogen-bond donors (Lipinski definition) is 3. The van der Waals surface area contributed by atoms with Crippen molar-refractivity contribution in [1.29, 1.82) is 0 Å². The van der Waals surface area contributed by atoms with Crippen molar-refractivity contribution in [3.63, 3.8) is 0 Å². The zero-order chi connectivity index (χ0) is 14.8. The van der Waals surface area contributed by atoms with Gasteiger partial charge in [-0.25, -0.2) is 4.98 Å². The monoisotopic (exact) mass is 376 g/mol. The lowest BCUT2D eigenvalue weighted by Crippen LogP contribution is -2.19. The summed E-state index contributed by atoms with van der Waals surface area (Å²) in [4.78, 5) is 3.82. The molecule has 20 heavy (non-hydrogen) atoms. The van der Waals surface area contributed by atoms with Crippen LogP contribution in [0, 0.1) is 0 Å². The molecule has 9 heteroatoms. The summed E-state index contributed by atoms with van der Waals surface area (Å²) in [6.45, 7) is 0. The first-order valence-electron chi connectivity index (χ1n) is 5.33. The molecule has 0 radical (unpaired) electrons. The van der Waals surface area contributed by atoms with E-state index in [-0.39, 0.29) is 21.4 Å². The zero-order valence-corrected chi connectivity index (χ0v) is 13.1. The standard InChI is InChI=1S/C11H10BrClN4O2S/c12-7-3-4-8(13)10(6-7)17-20(18,19)11-9(16-14)2-1-5-15-11/h1-6,16-17H,14H2. The molecule has 4 N–H and O–H groups in total. The van der Waals surface area contributed by atoms with Crippen molar-refractivity contribution >= 4 is 48.9 Å². The Labute approximate surface area is 129 Å². The Morgan fingerprint density at radius 3 is 2.70 bits per heavy atom. The lowest BCUT2D eigenvalue weighted by atomic mass is 10.3. The van der Waals surface area contributed by atoms with Gasteiger partial charge in [0.2, 0.25) is 5.03 Å². The van der Waals surface area contributed by atoms with Crippen molar-refractivity contribution in [2.45, 2.75) is 5.03 Å². The molecule has 0 amide bonds. The van der Waals surface area contributed by atoms with Gasteiger partial charge in [0.25, 0.3) is 10.0 Å². The molecule has 0 aliphatic carbocycles. The summed E-state index contributed by atoms with van der Waals surface area (Å²) in [5.41, 5.74) is 2.72. The number of hydrogen-bond acceptors (Lipinski definition) is 5. The van der Waals surface area contributed by atoms with E-state index in [1.165, 1.54) is 12.3 Å². The van der Waals surface area contributed by atoms with Crippen LogP contribution in [0.2, 0.25) is 5.02 Å². The van der Waals surface area contributed by atoms with Gasteiger partial charge in [0.05, 0.1) is 16.4 Å². The Balaban J connectivity index is 2.43. The summed E-state index contributed by atoms with van der Waals surface area (Å²) in [7, 11) is -3.90. The number of aromatic nitrogens is 1. The maximum absolute atomic E-state index is 12.3. The van der Waals surface area contributed by atoms with Gasteiger partial charge in [-0.05, 0) is 30.3 Å². The first-order chi connectivity index (χ1) is 9.44. The molecule has 0 spiro atoms. The van der Waals surface area contributed by atoms with Gasteiger partial charge in [0, 0.05) is 10.7 Å². The van der Waals surface area contributed by atoms with E-state index < -0.39 is 10.0 Å². The highest BCUT2D eigenvalue weighted by atomic mass is 79.9. The Kier molecular flexibility index (Phi) is 4.48. The Morgan fingerprint density at radius 1 is 1.25 bits per heavy atom. The molecule has 0 aliphatic heterocycles. The molecule has 0 saturated carbocycles. The van der Waals surface area contributed by atoms with Gasteiger partial charge in [0.1, 0.15) is 0 Å². The van der Waals surface area contributed by atoms with E-state index in [0.29, 0.717) is 4.47 Å². The molecule has 2 rings (SSSR count). The second-order valence-corrected chi connectivity index (χ2v) is 6.65. The molecule has 1 heterocycles. The number of nitrogens with two attached hydrogens (primary N) is 1. The van der Waals surface area contributed by atoms with Crippen molar-refractivity contribution in [2.24, 2.45) is 5.84 Å². The summed E-state index contributed by atoms with van der Waals surface area (Å²) in [5, 5.41) is 0.0634. The molecule has 0 unspecified atom stereocenters. The van der Waals surface area contributed by atoms with E-state index in [2.05, 4.69) is 31.1 Å². The molecule has 106 valence electrons. The molecule has 0 bridgehead atoms. The van der Waals surface area contributed by atoms with Crippen LogP contribution in [0.1, 0.15) is 0 Å². The SMILES string of the molecule is NNc1cccnc1S(=O)(=O)Nc1cc(Br)ccc1Cl. The van der Waals surface area contributed by atoms with Crippen LogP contribution in [-0.4, -0.2) is 13.4 Å². The van der Waals surface area contributed by atoms with Gasteiger partial charge >= 0.3 is 0 Å². The van der Waals surface area contributed by atoms with Crippen LogP contribution in [0.5, 0.6) is 0 Å². The average molecular weight is 378 g/mol. The van der Waals surface area contributed by atoms with Crippen LogP contribution in [0.25, 0.3) is 0 Å². The molecule has 1 aromatic heterocycles. The second kappa shape index (κ2) is 5.96. The largest absolute Gasteiger partial charge is 0.321 e. The minimum absolute atomic E-state index is 0.186. The topological polar surface area (TPSA) is 97.1 Å². The summed E-state index contributed by atoms with van der Waals surface area (Å²) in [6.07, 6.45) is 1.36. The number of pyridine rings is 1. The van der Waals surface area contributed by atoms with Gasteiger partial charge in [-0.1, -0.05) is 27.5 Å². The molecule has 1 aromatic carbocycles. The van der Waals surface area contributed by atoms with E-state index in [4.69, 9.17) is 17.4 Å². The number of nitrogens with one attached hydrogen (secondary N) is 2. The van der Waals surface area contributed by atoms with Crippen molar-refractivity contribution in [3.05, 3.63) is 46.0 Å². The van der Waals surface area contributed by atoms with Crippen LogP contribution in [0.3, 0.4) is 0 Å². The average Bonchev–Trinajstić information content (AvgIpc) is 2.42. The summed E-state index contributed by atoms with van der Waals surface area (Å²) in [6, 6.07) is 7.90. The van der Waals surface area contributed by atoms with Gasteiger partial charge in [-0.3, -0.25) is 10.6 Å². The number of nitrogens with zero attached hydrogens (tertiary/aromatic N) is 1. The lowest BCUT2D eigenvalue weighted by molar-refractivity contribution is 0.598. The van der Waals surface area contributed by atoms with Crippen LogP contribution in [0.15, 0.2) is 46.0 Å². The van der Waals surface area contributed by atoms with Crippen LogP contribution in [0.4, 0.5) is 11.4 Å². The predicted octanol–water partition coefficient (Wildman–Crippen LogP) is 2.58. The fraction of sp³-hybridized carbons (Fsp3) is 0. The quantitative estimate of drug-likeness (QED) is 0.562. The molecule has 0 atom stereocenters. The van der Waals surface area contributed by atoms with Crippen molar-refractivity contribution in [2.75, 3.05) is 10.1 Å². The first kappa shape index (κ1) is 15.0. The van der Waals surface area contributed by atoms with Crippen molar-refractivity contribution in [1.82, 2.24) is 4.98 Å². The Bertz CT molecular complexity index is 739. The number of halogens is 2. The number of benzene rings is 1. The normalized spacial score (nSPS) is 11.2. The maximum atomic E-state index is 12.3. The molecule has 6 nitrogen and oxygen atoms in total. The predicted molar refractivity (Wildman–Crippen MR) is 82.0 cm³/mol. The van der Waals surface area contributed by atoms with E-state index in [1.54, 1.807) is 24.3 Å².